The maximum Gasteiger partial charge on any atom is 0.269 e. The SMILES string of the molecule is CON(C)C(=O)C=Cc1cccc(-c2ccc(SC)cc2)c1. The molecule has 0 spiro atoms. The van der Waals surface area contributed by atoms with Gasteiger partial charge in [-0.25, -0.2) is 5.06 Å². The molecule has 0 fully saturated rings. The number of thioether (sulfide) groups is 1. The van der Waals surface area contributed by atoms with Crippen LogP contribution >= 0.6 is 11.8 Å². The van der Waals surface area contributed by atoms with E-state index in [1.165, 1.54) is 23.1 Å². The van der Waals surface area contributed by atoms with Crippen LogP contribution < -0.4 is 0 Å². The first-order valence-electron chi connectivity index (χ1n) is 6.88. The molecule has 0 unspecified atom stereocenters. The van der Waals surface area contributed by atoms with Crippen molar-refractivity contribution in [1.29, 1.82) is 0 Å². The zero-order chi connectivity index (χ0) is 15.9. The average molecular weight is 313 g/mol. The molecule has 0 saturated carbocycles. The van der Waals surface area contributed by atoms with Gasteiger partial charge in [0.15, 0.2) is 0 Å². The third kappa shape index (κ3) is 4.23. The van der Waals surface area contributed by atoms with Crippen molar-refractivity contribution in [2.24, 2.45) is 0 Å². The van der Waals surface area contributed by atoms with Gasteiger partial charge in [-0.05, 0) is 47.2 Å². The highest BCUT2D eigenvalue weighted by atomic mass is 32.2. The normalized spacial score (nSPS) is 10.9. The third-order valence-electron chi connectivity index (χ3n) is 3.31. The molecule has 0 atom stereocenters. The molecule has 0 radical (unpaired) electrons. The number of nitrogens with zero attached hydrogens (tertiary/aromatic N) is 1. The number of carbonyl (C=O) groups is 1. The Morgan fingerprint density at radius 2 is 1.86 bits per heavy atom. The Bertz CT molecular complexity index is 665. The first-order chi connectivity index (χ1) is 10.6. The summed E-state index contributed by atoms with van der Waals surface area (Å²) in [7, 11) is 3.04. The van der Waals surface area contributed by atoms with Crippen LogP contribution in [0.4, 0.5) is 0 Å². The third-order valence-corrected chi connectivity index (χ3v) is 4.06. The zero-order valence-electron chi connectivity index (χ0n) is 12.9. The van der Waals surface area contributed by atoms with Gasteiger partial charge in [0.2, 0.25) is 0 Å². The van der Waals surface area contributed by atoms with Crippen molar-refractivity contribution in [3.63, 3.8) is 0 Å². The summed E-state index contributed by atoms with van der Waals surface area (Å²) in [6, 6.07) is 16.5. The topological polar surface area (TPSA) is 29.5 Å². The van der Waals surface area contributed by atoms with Crippen molar-refractivity contribution in [3.8, 4) is 11.1 Å². The van der Waals surface area contributed by atoms with Gasteiger partial charge in [0, 0.05) is 18.0 Å². The van der Waals surface area contributed by atoms with Crippen LogP contribution in [0.25, 0.3) is 17.2 Å². The standard InChI is InChI=1S/C18H19NO2S/c1-19(21-2)18(20)12-7-14-5-4-6-16(13-14)15-8-10-17(22-3)11-9-15/h4-13H,1-3H3. The maximum absolute atomic E-state index is 11.7. The molecule has 2 rings (SSSR count). The van der Waals surface area contributed by atoms with Gasteiger partial charge in [0.05, 0.1) is 7.11 Å². The van der Waals surface area contributed by atoms with Crippen LogP contribution in [-0.2, 0) is 9.63 Å². The number of hydrogen-bond donors (Lipinski definition) is 0. The maximum atomic E-state index is 11.7. The Balaban J connectivity index is 2.19. The molecule has 3 nitrogen and oxygen atoms in total. The van der Waals surface area contributed by atoms with Crippen molar-refractivity contribution < 1.29 is 9.63 Å². The molecule has 1 amide bonds. The van der Waals surface area contributed by atoms with Gasteiger partial charge in [-0.1, -0.05) is 30.3 Å². The summed E-state index contributed by atoms with van der Waals surface area (Å²) >= 11 is 1.73. The minimum Gasteiger partial charge on any atom is -0.274 e. The average Bonchev–Trinajstić information content (AvgIpc) is 2.59. The fraction of sp³-hybridized carbons (Fsp3) is 0.167. The number of amides is 1. The van der Waals surface area contributed by atoms with E-state index in [0.29, 0.717) is 0 Å². The van der Waals surface area contributed by atoms with E-state index in [1.54, 1.807) is 24.9 Å². The molecule has 2 aromatic carbocycles. The molecule has 114 valence electrons. The van der Waals surface area contributed by atoms with E-state index in [2.05, 4.69) is 42.7 Å². The minimum atomic E-state index is -0.197. The molecule has 0 heterocycles. The molecule has 22 heavy (non-hydrogen) atoms. The summed E-state index contributed by atoms with van der Waals surface area (Å²) < 4.78 is 0. The van der Waals surface area contributed by atoms with Crippen LogP contribution in [-0.4, -0.2) is 31.4 Å². The van der Waals surface area contributed by atoms with Gasteiger partial charge in [-0.15, -0.1) is 11.8 Å². The Kier molecular flexibility index (Phi) is 5.81. The number of hydrogen-bond acceptors (Lipinski definition) is 3. The van der Waals surface area contributed by atoms with E-state index in [9.17, 15) is 4.79 Å². The molecule has 4 heteroatoms. The highest BCUT2D eigenvalue weighted by Gasteiger charge is 2.03. The molecule has 0 saturated heterocycles. The van der Waals surface area contributed by atoms with Crippen molar-refractivity contribution in [2.75, 3.05) is 20.4 Å². The Morgan fingerprint density at radius 3 is 2.50 bits per heavy atom. The number of benzene rings is 2. The largest absolute Gasteiger partial charge is 0.274 e. The van der Waals surface area contributed by atoms with Gasteiger partial charge in [-0.2, -0.15) is 0 Å². The van der Waals surface area contributed by atoms with Crippen LogP contribution in [0.1, 0.15) is 5.56 Å². The van der Waals surface area contributed by atoms with Crippen LogP contribution in [0, 0.1) is 0 Å². The summed E-state index contributed by atoms with van der Waals surface area (Å²) in [4.78, 5) is 17.8. The van der Waals surface area contributed by atoms with Gasteiger partial charge in [0.1, 0.15) is 0 Å². The number of rotatable bonds is 5. The predicted octanol–water partition coefficient (Wildman–Crippen LogP) is 4.11. The summed E-state index contributed by atoms with van der Waals surface area (Å²) in [5.41, 5.74) is 3.26. The molecule has 0 bridgehead atoms. The Morgan fingerprint density at radius 1 is 1.14 bits per heavy atom. The number of hydroxylamine groups is 2. The lowest BCUT2D eigenvalue weighted by atomic mass is 10.0. The first kappa shape index (κ1) is 16.3. The summed E-state index contributed by atoms with van der Waals surface area (Å²) in [5.74, 6) is -0.197. The van der Waals surface area contributed by atoms with E-state index in [0.717, 1.165) is 16.7 Å². The Hall–Kier alpha value is -2.04. The lowest BCUT2D eigenvalue weighted by molar-refractivity contribution is -0.162. The quantitative estimate of drug-likeness (QED) is 0.473. The second kappa shape index (κ2) is 7.82. The highest BCUT2D eigenvalue weighted by molar-refractivity contribution is 7.98. The zero-order valence-corrected chi connectivity index (χ0v) is 13.8. The second-order valence-corrected chi connectivity index (χ2v) is 5.59. The molecular weight excluding hydrogens is 294 g/mol. The number of carbonyl (C=O) groups excluding carboxylic acids is 1. The fourth-order valence-electron chi connectivity index (χ4n) is 1.97. The molecule has 0 aliphatic carbocycles. The summed E-state index contributed by atoms with van der Waals surface area (Å²) in [5, 5.41) is 1.18. The first-order valence-corrected chi connectivity index (χ1v) is 8.11. The summed E-state index contributed by atoms with van der Waals surface area (Å²) in [6.45, 7) is 0. The van der Waals surface area contributed by atoms with Crippen LogP contribution in [0.3, 0.4) is 0 Å². The second-order valence-electron chi connectivity index (χ2n) is 4.71. The van der Waals surface area contributed by atoms with Gasteiger partial charge in [0.25, 0.3) is 5.91 Å². The van der Waals surface area contributed by atoms with Crippen molar-refractivity contribution in [1.82, 2.24) is 5.06 Å². The predicted molar refractivity (Wildman–Crippen MR) is 92.5 cm³/mol. The monoisotopic (exact) mass is 313 g/mol. The molecule has 0 aliphatic heterocycles. The van der Waals surface area contributed by atoms with Gasteiger partial charge < -0.3 is 0 Å². The van der Waals surface area contributed by atoms with E-state index in [-0.39, 0.29) is 5.91 Å². The summed E-state index contributed by atoms with van der Waals surface area (Å²) in [6.07, 6.45) is 5.35. The van der Waals surface area contributed by atoms with Crippen LogP contribution in [0.15, 0.2) is 59.5 Å². The lowest BCUT2D eigenvalue weighted by Crippen LogP contribution is -2.22. The van der Waals surface area contributed by atoms with Gasteiger partial charge >= 0.3 is 0 Å². The van der Waals surface area contributed by atoms with E-state index >= 15 is 0 Å². The molecule has 0 aliphatic rings. The molecule has 2 aromatic rings. The Labute approximate surface area is 135 Å². The lowest BCUT2D eigenvalue weighted by Gasteiger charge is -2.10. The minimum absolute atomic E-state index is 0.197. The van der Waals surface area contributed by atoms with Crippen LogP contribution in [0.2, 0.25) is 0 Å². The number of likely N-dealkylation sites (N-methyl/N-ethyl adjacent to an activating group) is 1. The highest BCUT2D eigenvalue weighted by Crippen LogP contribution is 2.24. The smallest absolute Gasteiger partial charge is 0.269 e. The van der Waals surface area contributed by atoms with Crippen molar-refractivity contribution in [2.45, 2.75) is 4.90 Å². The van der Waals surface area contributed by atoms with Crippen LogP contribution in [0.5, 0.6) is 0 Å². The van der Waals surface area contributed by atoms with E-state index in [4.69, 9.17) is 4.84 Å². The van der Waals surface area contributed by atoms with Crippen molar-refractivity contribution >= 4 is 23.7 Å². The van der Waals surface area contributed by atoms with Crippen molar-refractivity contribution in [3.05, 3.63) is 60.2 Å². The van der Waals surface area contributed by atoms with Gasteiger partial charge in [-0.3, -0.25) is 9.63 Å². The van der Waals surface area contributed by atoms with E-state index < -0.39 is 0 Å². The fourth-order valence-corrected chi connectivity index (χ4v) is 2.38. The van der Waals surface area contributed by atoms with E-state index in [1.807, 2.05) is 12.1 Å². The molecule has 0 N–H and O–H groups in total. The molecule has 0 aromatic heterocycles. The molecular formula is C18H19NO2S.